The molecule has 0 saturated heterocycles. The topological polar surface area (TPSA) is 95.5 Å². The summed E-state index contributed by atoms with van der Waals surface area (Å²) in [6.07, 6.45) is 5.01. The lowest BCUT2D eigenvalue weighted by Crippen LogP contribution is -2.46. The van der Waals surface area contributed by atoms with Crippen LogP contribution in [-0.4, -0.2) is 29.1 Å². The molecule has 2 unspecified atom stereocenters. The number of hydrogen-bond acceptors (Lipinski definition) is 3. The first-order valence-electron chi connectivity index (χ1n) is 6.81. The molecule has 0 spiro atoms. The van der Waals surface area contributed by atoms with Crippen molar-refractivity contribution in [1.29, 1.82) is 0 Å². The van der Waals surface area contributed by atoms with Gasteiger partial charge < -0.3 is 10.4 Å². The Bertz CT molecular complexity index is 344. The number of aliphatic carboxylic acids is 1. The monoisotopic (exact) mass is 270 g/mol. The summed E-state index contributed by atoms with van der Waals surface area (Å²) in [5.41, 5.74) is 0. The zero-order valence-corrected chi connectivity index (χ0v) is 11.3. The van der Waals surface area contributed by atoms with E-state index < -0.39 is 17.9 Å². The van der Waals surface area contributed by atoms with Crippen molar-refractivity contribution in [3.05, 3.63) is 0 Å². The fourth-order valence-corrected chi connectivity index (χ4v) is 2.32. The predicted molar refractivity (Wildman–Crippen MR) is 69.6 cm³/mol. The van der Waals surface area contributed by atoms with Crippen molar-refractivity contribution in [3.63, 3.8) is 0 Å². The Kier molecular flexibility index (Phi) is 6.32. The van der Waals surface area contributed by atoms with Gasteiger partial charge in [0.2, 0.25) is 5.91 Å². The van der Waals surface area contributed by atoms with E-state index in [0.717, 1.165) is 19.3 Å². The molecular formula is C13H22N2O4. The van der Waals surface area contributed by atoms with Crippen molar-refractivity contribution >= 4 is 17.9 Å². The average molecular weight is 270 g/mol. The quantitative estimate of drug-likeness (QED) is 0.677. The molecular weight excluding hydrogens is 248 g/mol. The summed E-state index contributed by atoms with van der Waals surface area (Å²) in [6.45, 7) is 2.10. The maximum Gasteiger partial charge on any atom is 0.321 e. The summed E-state index contributed by atoms with van der Waals surface area (Å²) in [5, 5.41) is 13.4. The van der Waals surface area contributed by atoms with Gasteiger partial charge in [-0.1, -0.05) is 26.2 Å². The number of nitrogens with one attached hydrogen (secondary N) is 2. The molecule has 6 nitrogen and oxygen atoms in total. The van der Waals surface area contributed by atoms with Crippen LogP contribution >= 0.6 is 0 Å². The Hall–Kier alpha value is -1.59. The van der Waals surface area contributed by atoms with E-state index in [1.165, 1.54) is 12.8 Å². The fourth-order valence-electron chi connectivity index (χ4n) is 2.32. The van der Waals surface area contributed by atoms with Gasteiger partial charge in [-0.15, -0.1) is 0 Å². The summed E-state index contributed by atoms with van der Waals surface area (Å²) in [6, 6.07) is -0.427. The number of rotatable bonds is 4. The third-order valence-corrected chi connectivity index (χ3v) is 3.50. The van der Waals surface area contributed by atoms with Crippen molar-refractivity contribution in [3.8, 4) is 0 Å². The van der Waals surface area contributed by atoms with Crippen LogP contribution in [0.1, 0.15) is 51.9 Å². The minimum Gasteiger partial charge on any atom is -0.481 e. The predicted octanol–water partition coefficient (Wildman–Crippen LogP) is 1.65. The molecule has 1 rings (SSSR count). The maximum absolute atomic E-state index is 11.6. The molecule has 0 aromatic rings. The second-order valence-electron chi connectivity index (χ2n) is 5.14. The van der Waals surface area contributed by atoms with Crippen molar-refractivity contribution in [1.82, 2.24) is 10.6 Å². The van der Waals surface area contributed by atoms with Crippen LogP contribution < -0.4 is 10.6 Å². The van der Waals surface area contributed by atoms with Gasteiger partial charge in [0.1, 0.15) is 0 Å². The summed E-state index contributed by atoms with van der Waals surface area (Å²) in [5.74, 6) is -1.20. The van der Waals surface area contributed by atoms with Crippen LogP contribution in [0.15, 0.2) is 0 Å². The maximum atomic E-state index is 11.6. The molecule has 3 N–H and O–H groups in total. The van der Waals surface area contributed by atoms with E-state index in [-0.39, 0.29) is 18.9 Å². The largest absolute Gasteiger partial charge is 0.481 e. The van der Waals surface area contributed by atoms with Gasteiger partial charge in [0.15, 0.2) is 0 Å². The number of amides is 3. The summed E-state index contributed by atoms with van der Waals surface area (Å²) in [4.78, 5) is 33.3. The third kappa shape index (κ3) is 6.22. The van der Waals surface area contributed by atoms with E-state index in [1.54, 1.807) is 0 Å². The van der Waals surface area contributed by atoms with Gasteiger partial charge in [-0.2, -0.15) is 0 Å². The van der Waals surface area contributed by atoms with Gasteiger partial charge in [0.05, 0.1) is 6.42 Å². The number of carboxylic acid groups (broad SMARTS) is 1. The summed E-state index contributed by atoms with van der Waals surface area (Å²) >= 11 is 0. The van der Waals surface area contributed by atoms with Gasteiger partial charge in [0, 0.05) is 12.5 Å². The minimum absolute atomic E-state index is 0.0924. The lowest BCUT2D eigenvalue weighted by molar-refractivity contribution is -0.138. The Morgan fingerprint density at radius 3 is 2.47 bits per heavy atom. The highest BCUT2D eigenvalue weighted by Gasteiger charge is 2.22. The lowest BCUT2D eigenvalue weighted by Gasteiger charge is -2.22. The van der Waals surface area contributed by atoms with Crippen molar-refractivity contribution in [2.24, 2.45) is 5.92 Å². The van der Waals surface area contributed by atoms with E-state index in [2.05, 4.69) is 17.6 Å². The zero-order valence-electron chi connectivity index (χ0n) is 11.3. The van der Waals surface area contributed by atoms with Crippen LogP contribution in [0, 0.1) is 5.92 Å². The second-order valence-corrected chi connectivity index (χ2v) is 5.14. The molecule has 3 amide bonds. The average Bonchev–Trinajstić information content (AvgIpc) is 2.52. The first-order chi connectivity index (χ1) is 8.99. The van der Waals surface area contributed by atoms with E-state index in [9.17, 15) is 14.4 Å². The van der Waals surface area contributed by atoms with Gasteiger partial charge in [-0.25, -0.2) is 4.79 Å². The highest BCUT2D eigenvalue weighted by Crippen LogP contribution is 2.22. The van der Waals surface area contributed by atoms with E-state index in [4.69, 9.17) is 5.11 Å². The Morgan fingerprint density at radius 2 is 1.79 bits per heavy atom. The second kappa shape index (κ2) is 7.76. The molecule has 0 heterocycles. The number of carboxylic acids is 1. The Labute approximate surface area is 112 Å². The standard InChI is InChI=1S/C13H22N2O4/c1-9-5-3-2-4-6-10(9)14-13(19)15-11(16)7-8-12(17)18/h9-10H,2-8H2,1H3,(H,17,18)(H2,14,15,16,19). The van der Waals surface area contributed by atoms with Crippen LogP contribution in [-0.2, 0) is 9.59 Å². The van der Waals surface area contributed by atoms with E-state index in [0.29, 0.717) is 5.92 Å². The van der Waals surface area contributed by atoms with Crippen LogP contribution in [0.25, 0.3) is 0 Å². The van der Waals surface area contributed by atoms with E-state index in [1.807, 2.05) is 0 Å². The van der Waals surface area contributed by atoms with Gasteiger partial charge >= 0.3 is 12.0 Å². The summed E-state index contributed by atoms with van der Waals surface area (Å²) in [7, 11) is 0. The van der Waals surface area contributed by atoms with Gasteiger partial charge in [0.25, 0.3) is 0 Å². The van der Waals surface area contributed by atoms with Crippen LogP contribution in [0.5, 0.6) is 0 Å². The number of urea groups is 1. The molecule has 1 saturated carbocycles. The number of carbonyl (C=O) groups excluding carboxylic acids is 2. The number of imide groups is 1. The summed E-state index contributed by atoms with van der Waals surface area (Å²) < 4.78 is 0. The molecule has 1 aliphatic rings. The van der Waals surface area contributed by atoms with Crippen LogP contribution in [0.3, 0.4) is 0 Å². The van der Waals surface area contributed by atoms with Gasteiger partial charge in [-0.05, 0) is 18.8 Å². The molecule has 19 heavy (non-hydrogen) atoms. The van der Waals surface area contributed by atoms with Crippen molar-refractivity contribution in [2.45, 2.75) is 57.9 Å². The molecule has 6 heteroatoms. The lowest BCUT2D eigenvalue weighted by atomic mass is 9.97. The molecule has 0 aliphatic heterocycles. The Balaban J connectivity index is 2.32. The third-order valence-electron chi connectivity index (χ3n) is 3.50. The van der Waals surface area contributed by atoms with Crippen molar-refractivity contribution < 1.29 is 19.5 Å². The number of hydrogen-bond donors (Lipinski definition) is 3. The fraction of sp³-hybridized carbons (Fsp3) is 0.769. The highest BCUT2D eigenvalue weighted by atomic mass is 16.4. The molecule has 1 aliphatic carbocycles. The SMILES string of the molecule is CC1CCCCCC1NC(=O)NC(=O)CCC(=O)O. The van der Waals surface area contributed by atoms with E-state index >= 15 is 0 Å². The molecule has 0 aromatic carbocycles. The normalized spacial score (nSPS) is 23.2. The van der Waals surface area contributed by atoms with Crippen molar-refractivity contribution in [2.75, 3.05) is 0 Å². The first kappa shape index (κ1) is 15.5. The smallest absolute Gasteiger partial charge is 0.321 e. The van der Waals surface area contributed by atoms with Gasteiger partial charge in [-0.3, -0.25) is 14.9 Å². The van der Waals surface area contributed by atoms with Crippen LogP contribution in [0.4, 0.5) is 4.79 Å². The zero-order chi connectivity index (χ0) is 14.3. The molecule has 0 radical (unpaired) electrons. The molecule has 0 aromatic heterocycles. The molecule has 108 valence electrons. The molecule has 1 fully saturated rings. The van der Waals surface area contributed by atoms with Crippen LogP contribution in [0.2, 0.25) is 0 Å². The highest BCUT2D eigenvalue weighted by molar-refractivity contribution is 5.95. The number of carbonyl (C=O) groups is 3. The molecule has 2 atom stereocenters. The molecule has 0 bridgehead atoms. The first-order valence-corrected chi connectivity index (χ1v) is 6.81. The Morgan fingerprint density at radius 1 is 1.11 bits per heavy atom. The minimum atomic E-state index is -1.05.